The van der Waals surface area contributed by atoms with Gasteiger partial charge in [0.2, 0.25) is 0 Å². The Hall–Kier alpha value is -3.00. The number of anilines is 2. The lowest BCUT2D eigenvalue weighted by atomic mass is 9.78. The molecule has 30 heavy (non-hydrogen) atoms. The third kappa shape index (κ3) is 3.87. The van der Waals surface area contributed by atoms with E-state index in [9.17, 15) is 4.79 Å². The summed E-state index contributed by atoms with van der Waals surface area (Å²) >= 11 is 1.61. The van der Waals surface area contributed by atoms with Crippen LogP contribution in [0.5, 0.6) is 0 Å². The van der Waals surface area contributed by atoms with E-state index in [1.807, 2.05) is 42.2 Å². The Bertz CT molecular complexity index is 986. The van der Waals surface area contributed by atoms with Gasteiger partial charge in [-0.1, -0.05) is 6.07 Å². The Kier molecular flexibility index (Phi) is 5.08. The van der Waals surface area contributed by atoms with Crippen molar-refractivity contribution in [3.63, 3.8) is 0 Å². The average Bonchev–Trinajstić information content (AvgIpc) is 3.43. The van der Waals surface area contributed by atoms with Gasteiger partial charge < -0.3 is 10.1 Å². The van der Waals surface area contributed by atoms with Crippen molar-refractivity contribution in [1.82, 2.24) is 15.0 Å². The van der Waals surface area contributed by atoms with Gasteiger partial charge in [-0.15, -0.1) is 11.3 Å². The minimum atomic E-state index is -0.375. The first-order chi connectivity index (χ1) is 14.7. The molecule has 2 aliphatic rings. The number of amides is 1. The first-order valence-electron chi connectivity index (χ1n) is 10.2. The van der Waals surface area contributed by atoms with Gasteiger partial charge in [0.15, 0.2) is 0 Å². The highest BCUT2D eigenvalue weighted by Crippen LogP contribution is 2.40. The van der Waals surface area contributed by atoms with Crippen LogP contribution in [0.4, 0.5) is 16.4 Å². The third-order valence-corrected chi connectivity index (χ3v) is 6.79. The summed E-state index contributed by atoms with van der Waals surface area (Å²) in [5, 5.41) is 3.46. The van der Waals surface area contributed by atoms with E-state index in [2.05, 4.69) is 26.3 Å². The molecule has 1 amide bonds. The molecule has 1 N–H and O–H groups in total. The van der Waals surface area contributed by atoms with Gasteiger partial charge in [0.05, 0.1) is 16.9 Å². The first-order valence-corrected chi connectivity index (χ1v) is 11.1. The van der Waals surface area contributed by atoms with Crippen LogP contribution in [0.25, 0.3) is 10.4 Å². The maximum Gasteiger partial charge on any atom is 0.416 e. The zero-order valence-electron chi connectivity index (χ0n) is 16.5. The number of aromatic nitrogens is 3. The Morgan fingerprint density at radius 3 is 2.77 bits per heavy atom. The summed E-state index contributed by atoms with van der Waals surface area (Å²) in [7, 11) is 0. The van der Waals surface area contributed by atoms with Gasteiger partial charge >= 0.3 is 6.09 Å². The fourth-order valence-electron chi connectivity index (χ4n) is 4.23. The van der Waals surface area contributed by atoms with E-state index in [1.165, 1.54) is 0 Å². The van der Waals surface area contributed by atoms with Crippen LogP contribution in [0.2, 0.25) is 0 Å². The van der Waals surface area contributed by atoms with Gasteiger partial charge in [-0.2, -0.15) is 0 Å². The van der Waals surface area contributed by atoms with Crippen molar-refractivity contribution in [2.45, 2.75) is 31.3 Å². The highest BCUT2D eigenvalue weighted by Gasteiger charge is 2.47. The molecule has 3 aromatic heterocycles. The minimum Gasteiger partial charge on any atom is -0.441 e. The highest BCUT2D eigenvalue weighted by atomic mass is 32.1. The number of rotatable bonds is 5. The van der Waals surface area contributed by atoms with Crippen molar-refractivity contribution in [2.24, 2.45) is 5.92 Å². The molecule has 1 saturated carbocycles. The maximum absolute atomic E-state index is 12.4. The van der Waals surface area contributed by atoms with E-state index in [1.54, 1.807) is 22.4 Å². The molecular weight excluding hydrogens is 398 g/mol. The van der Waals surface area contributed by atoms with E-state index in [-0.39, 0.29) is 11.7 Å². The fraction of sp³-hybridized carbons (Fsp3) is 0.364. The lowest BCUT2D eigenvalue weighted by molar-refractivity contribution is 0.0148. The number of pyridine rings is 2. The lowest BCUT2D eigenvalue weighted by Crippen LogP contribution is -2.39. The van der Waals surface area contributed by atoms with Crippen LogP contribution in [-0.2, 0) is 4.74 Å². The number of carbonyl (C=O) groups is 1. The molecule has 154 valence electrons. The van der Waals surface area contributed by atoms with Crippen molar-refractivity contribution in [1.29, 1.82) is 0 Å². The minimum absolute atomic E-state index is 0.282. The molecule has 3 aromatic rings. The molecule has 0 radical (unpaired) electrons. The first kappa shape index (κ1) is 19.0. The monoisotopic (exact) mass is 421 g/mol. The molecule has 7 nitrogen and oxygen atoms in total. The molecule has 8 heteroatoms. The van der Waals surface area contributed by atoms with Crippen LogP contribution in [0.3, 0.4) is 0 Å². The van der Waals surface area contributed by atoms with Gasteiger partial charge in [-0.25, -0.2) is 14.8 Å². The van der Waals surface area contributed by atoms with Gasteiger partial charge in [-0.3, -0.25) is 9.88 Å². The predicted octanol–water partition coefficient (Wildman–Crippen LogP) is 4.60. The number of thiazole rings is 1. The Morgan fingerprint density at radius 2 is 2.07 bits per heavy atom. The SMILES string of the molecule is O=C1O[C@]2(CC[C@H](CNc3ccc(-c4cncs4)cn3)CC2)CN1c1ccccn1. The molecule has 0 aromatic carbocycles. The maximum atomic E-state index is 12.4. The molecule has 0 atom stereocenters. The van der Waals surface area contributed by atoms with Crippen LogP contribution >= 0.6 is 11.3 Å². The lowest BCUT2D eigenvalue weighted by Gasteiger charge is -2.35. The summed E-state index contributed by atoms with van der Waals surface area (Å²) in [6.45, 7) is 1.46. The Morgan fingerprint density at radius 1 is 1.17 bits per heavy atom. The largest absolute Gasteiger partial charge is 0.441 e. The second kappa shape index (κ2) is 8.02. The fourth-order valence-corrected chi connectivity index (χ4v) is 4.85. The molecule has 1 saturated heterocycles. The van der Waals surface area contributed by atoms with Crippen LogP contribution in [0.1, 0.15) is 25.7 Å². The van der Waals surface area contributed by atoms with E-state index in [0.29, 0.717) is 18.3 Å². The number of hydrogen-bond donors (Lipinski definition) is 1. The second-order valence-corrected chi connectivity index (χ2v) is 8.83. The smallest absolute Gasteiger partial charge is 0.416 e. The Balaban J connectivity index is 1.14. The zero-order valence-corrected chi connectivity index (χ0v) is 17.3. The number of nitrogens with one attached hydrogen (secondary N) is 1. The van der Waals surface area contributed by atoms with Gasteiger partial charge in [0.25, 0.3) is 0 Å². The number of ether oxygens (including phenoxy) is 1. The number of hydrogen-bond acceptors (Lipinski definition) is 7. The van der Waals surface area contributed by atoms with E-state index >= 15 is 0 Å². The molecule has 1 aliphatic carbocycles. The number of nitrogens with zero attached hydrogens (tertiary/aromatic N) is 4. The highest BCUT2D eigenvalue weighted by molar-refractivity contribution is 7.13. The summed E-state index contributed by atoms with van der Waals surface area (Å²) in [6.07, 6.45) is 8.97. The molecule has 0 unspecified atom stereocenters. The summed E-state index contributed by atoms with van der Waals surface area (Å²) < 4.78 is 5.83. The molecule has 1 aliphatic heterocycles. The van der Waals surface area contributed by atoms with E-state index < -0.39 is 0 Å². The molecule has 4 heterocycles. The summed E-state index contributed by atoms with van der Waals surface area (Å²) in [6, 6.07) is 9.68. The van der Waals surface area contributed by atoms with Crippen LogP contribution in [0.15, 0.2) is 54.4 Å². The van der Waals surface area contributed by atoms with Crippen molar-refractivity contribution in [3.8, 4) is 10.4 Å². The van der Waals surface area contributed by atoms with Crippen molar-refractivity contribution >= 4 is 29.1 Å². The summed E-state index contributed by atoms with van der Waals surface area (Å²) in [5.74, 6) is 2.09. The topological polar surface area (TPSA) is 80.2 Å². The van der Waals surface area contributed by atoms with Gasteiger partial charge in [0, 0.05) is 30.7 Å². The van der Waals surface area contributed by atoms with Crippen LogP contribution in [-0.4, -0.2) is 39.7 Å². The Labute approximate surface area is 179 Å². The van der Waals surface area contributed by atoms with Crippen molar-refractivity contribution < 1.29 is 9.53 Å². The second-order valence-electron chi connectivity index (χ2n) is 7.95. The normalized spacial score (nSPS) is 23.5. The van der Waals surface area contributed by atoms with Crippen LogP contribution < -0.4 is 10.2 Å². The summed E-state index contributed by atoms with van der Waals surface area (Å²) in [4.78, 5) is 28.1. The molecule has 2 fully saturated rings. The summed E-state index contributed by atoms with van der Waals surface area (Å²) in [5.41, 5.74) is 2.54. The predicted molar refractivity (Wildman–Crippen MR) is 117 cm³/mol. The van der Waals surface area contributed by atoms with E-state index in [0.717, 1.165) is 48.5 Å². The van der Waals surface area contributed by atoms with Gasteiger partial charge in [-0.05, 0) is 55.9 Å². The standard InChI is InChI=1S/C22H23N5O2S/c28-21-27(20-3-1-2-10-24-20)14-22(29-21)8-6-16(7-9-22)11-25-19-5-4-17(12-26-19)18-13-23-15-30-18/h1-5,10,12-13,15-16H,6-9,11,14H2,(H,25,26)/t16-,22-. The molecular formula is C22H23N5O2S. The molecule has 0 bridgehead atoms. The van der Waals surface area contributed by atoms with Crippen molar-refractivity contribution in [2.75, 3.05) is 23.3 Å². The van der Waals surface area contributed by atoms with E-state index in [4.69, 9.17) is 4.74 Å². The molecule has 1 spiro atoms. The van der Waals surface area contributed by atoms with Crippen molar-refractivity contribution in [3.05, 3.63) is 54.4 Å². The quantitative estimate of drug-likeness (QED) is 0.649. The average molecular weight is 422 g/mol. The number of carbonyl (C=O) groups excluding carboxylic acids is 1. The molecule has 5 rings (SSSR count). The third-order valence-electron chi connectivity index (χ3n) is 5.96. The van der Waals surface area contributed by atoms with Crippen LogP contribution in [0, 0.1) is 5.92 Å². The van der Waals surface area contributed by atoms with Gasteiger partial charge in [0.1, 0.15) is 17.2 Å². The zero-order chi connectivity index (χ0) is 20.4.